The molecular formula is C17H28N2O2S. The summed E-state index contributed by atoms with van der Waals surface area (Å²) in [5.41, 5.74) is 0.850. The SMILES string of the molecule is COc1cc(NC(=S)NC(C)CCCC(C)C)cc(OC)c1. The summed E-state index contributed by atoms with van der Waals surface area (Å²) in [5, 5.41) is 7.12. The number of methoxy groups -OCH3 is 2. The predicted molar refractivity (Wildman–Crippen MR) is 97.1 cm³/mol. The molecule has 0 aromatic heterocycles. The molecule has 0 bridgehead atoms. The van der Waals surface area contributed by atoms with E-state index in [-0.39, 0.29) is 0 Å². The molecular weight excluding hydrogens is 296 g/mol. The zero-order valence-corrected chi connectivity index (χ0v) is 15.0. The fourth-order valence-electron chi connectivity index (χ4n) is 2.18. The number of benzene rings is 1. The monoisotopic (exact) mass is 324 g/mol. The Morgan fingerprint density at radius 1 is 1.05 bits per heavy atom. The molecule has 0 saturated carbocycles. The van der Waals surface area contributed by atoms with Gasteiger partial charge in [0.25, 0.3) is 0 Å². The van der Waals surface area contributed by atoms with Gasteiger partial charge in [-0.05, 0) is 31.5 Å². The van der Waals surface area contributed by atoms with Gasteiger partial charge < -0.3 is 20.1 Å². The van der Waals surface area contributed by atoms with Crippen molar-refractivity contribution in [2.75, 3.05) is 19.5 Å². The van der Waals surface area contributed by atoms with Gasteiger partial charge in [0, 0.05) is 29.9 Å². The minimum Gasteiger partial charge on any atom is -0.497 e. The summed E-state index contributed by atoms with van der Waals surface area (Å²) in [6.45, 7) is 6.65. The minimum absolute atomic E-state index is 0.353. The van der Waals surface area contributed by atoms with Crippen molar-refractivity contribution in [1.82, 2.24) is 5.32 Å². The van der Waals surface area contributed by atoms with Gasteiger partial charge >= 0.3 is 0 Å². The van der Waals surface area contributed by atoms with Crippen LogP contribution in [-0.4, -0.2) is 25.4 Å². The maximum atomic E-state index is 5.37. The smallest absolute Gasteiger partial charge is 0.170 e. The van der Waals surface area contributed by atoms with Gasteiger partial charge in [-0.3, -0.25) is 0 Å². The van der Waals surface area contributed by atoms with Crippen LogP contribution in [0, 0.1) is 5.92 Å². The van der Waals surface area contributed by atoms with Crippen LogP contribution >= 0.6 is 12.2 Å². The highest BCUT2D eigenvalue weighted by Gasteiger charge is 2.07. The number of nitrogens with one attached hydrogen (secondary N) is 2. The largest absolute Gasteiger partial charge is 0.497 e. The van der Waals surface area contributed by atoms with Crippen LogP contribution in [-0.2, 0) is 0 Å². The van der Waals surface area contributed by atoms with Gasteiger partial charge in [-0.1, -0.05) is 26.7 Å². The van der Waals surface area contributed by atoms with E-state index in [1.807, 2.05) is 18.2 Å². The lowest BCUT2D eigenvalue weighted by molar-refractivity contribution is 0.395. The summed E-state index contributed by atoms with van der Waals surface area (Å²) in [4.78, 5) is 0. The topological polar surface area (TPSA) is 42.5 Å². The van der Waals surface area contributed by atoms with Crippen LogP contribution in [0.2, 0.25) is 0 Å². The maximum Gasteiger partial charge on any atom is 0.170 e. The predicted octanol–water partition coefficient (Wildman–Crippen LogP) is 4.21. The van der Waals surface area contributed by atoms with E-state index in [1.165, 1.54) is 12.8 Å². The molecule has 2 N–H and O–H groups in total. The second kappa shape index (κ2) is 9.51. The molecule has 1 atom stereocenters. The third-order valence-electron chi connectivity index (χ3n) is 3.41. The number of thiocarbonyl (C=S) groups is 1. The Hall–Kier alpha value is -1.49. The van der Waals surface area contributed by atoms with Gasteiger partial charge in [0.05, 0.1) is 14.2 Å². The summed E-state index contributed by atoms with van der Waals surface area (Å²) in [7, 11) is 3.26. The van der Waals surface area contributed by atoms with Crippen molar-refractivity contribution in [1.29, 1.82) is 0 Å². The maximum absolute atomic E-state index is 5.37. The van der Waals surface area contributed by atoms with E-state index in [9.17, 15) is 0 Å². The fourth-order valence-corrected chi connectivity index (χ4v) is 2.49. The van der Waals surface area contributed by atoms with Gasteiger partial charge in [0.15, 0.2) is 5.11 Å². The second-order valence-electron chi connectivity index (χ2n) is 5.93. The Balaban J connectivity index is 2.50. The summed E-state index contributed by atoms with van der Waals surface area (Å²) >= 11 is 5.37. The Kier molecular flexibility index (Phi) is 8.02. The normalized spacial score (nSPS) is 11.9. The molecule has 0 fully saturated rings. The van der Waals surface area contributed by atoms with Crippen molar-refractivity contribution in [3.63, 3.8) is 0 Å². The average Bonchev–Trinajstić information content (AvgIpc) is 2.45. The highest BCUT2D eigenvalue weighted by atomic mass is 32.1. The molecule has 124 valence electrons. The lowest BCUT2D eigenvalue weighted by Gasteiger charge is -2.18. The van der Waals surface area contributed by atoms with Crippen molar-refractivity contribution in [2.45, 2.75) is 46.1 Å². The van der Waals surface area contributed by atoms with Gasteiger partial charge in [-0.15, -0.1) is 0 Å². The van der Waals surface area contributed by atoms with E-state index >= 15 is 0 Å². The fraction of sp³-hybridized carbons (Fsp3) is 0.588. The molecule has 22 heavy (non-hydrogen) atoms. The summed E-state index contributed by atoms with van der Waals surface area (Å²) in [6, 6.07) is 5.96. The van der Waals surface area contributed by atoms with Crippen LogP contribution < -0.4 is 20.1 Å². The zero-order valence-electron chi connectivity index (χ0n) is 14.2. The molecule has 5 heteroatoms. The second-order valence-corrected chi connectivity index (χ2v) is 6.33. The van der Waals surface area contributed by atoms with Gasteiger partial charge in [-0.2, -0.15) is 0 Å². The lowest BCUT2D eigenvalue weighted by Crippen LogP contribution is -2.35. The third kappa shape index (κ3) is 6.98. The van der Waals surface area contributed by atoms with Crippen LogP contribution in [0.4, 0.5) is 5.69 Å². The zero-order chi connectivity index (χ0) is 16.5. The Bertz CT molecular complexity index is 455. The molecule has 0 radical (unpaired) electrons. The molecule has 1 unspecified atom stereocenters. The molecule has 4 nitrogen and oxygen atoms in total. The minimum atomic E-state index is 0.353. The summed E-state index contributed by atoms with van der Waals surface area (Å²) in [6.07, 6.45) is 3.57. The molecule has 0 aliphatic rings. The Labute approximate surface area is 139 Å². The number of hydrogen-bond acceptors (Lipinski definition) is 3. The highest BCUT2D eigenvalue weighted by molar-refractivity contribution is 7.80. The summed E-state index contributed by atoms with van der Waals surface area (Å²) in [5.74, 6) is 2.21. The van der Waals surface area contributed by atoms with Crippen molar-refractivity contribution in [2.24, 2.45) is 5.92 Å². The van der Waals surface area contributed by atoms with Crippen molar-refractivity contribution >= 4 is 23.0 Å². The van der Waals surface area contributed by atoms with E-state index in [0.29, 0.717) is 11.2 Å². The van der Waals surface area contributed by atoms with Crippen LogP contribution in [0.5, 0.6) is 11.5 Å². The van der Waals surface area contributed by atoms with E-state index in [2.05, 4.69) is 31.4 Å². The molecule has 0 spiro atoms. The average molecular weight is 324 g/mol. The van der Waals surface area contributed by atoms with Gasteiger partial charge in [0.2, 0.25) is 0 Å². The van der Waals surface area contributed by atoms with Crippen molar-refractivity contribution < 1.29 is 9.47 Å². The highest BCUT2D eigenvalue weighted by Crippen LogP contribution is 2.25. The van der Waals surface area contributed by atoms with Crippen molar-refractivity contribution in [3.05, 3.63) is 18.2 Å². The molecule has 1 aromatic carbocycles. The van der Waals surface area contributed by atoms with Crippen LogP contribution in [0.3, 0.4) is 0 Å². The molecule has 1 rings (SSSR count). The van der Waals surface area contributed by atoms with E-state index in [0.717, 1.165) is 29.5 Å². The standard InChI is InChI=1S/C17H28N2O2S/c1-12(2)7-6-8-13(3)18-17(22)19-14-9-15(20-4)11-16(10-14)21-5/h9-13H,6-8H2,1-5H3,(H2,18,19,22). The first-order chi connectivity index (χ1) is 10.4. The molecule has 1 aromatic rings. The molecule has 0 saturated heterocycles. The first-order valence-electron chi connectivity index (χ1n) is 7.75. The Morgan fingerprint density at radius 3 is 2.14 bits per heavy atom. The number of ether oxygens (including phenoxy) is 2. The first-order valence-corrected chi connectivity index (χ1v) is 8.16. The van der Waals surface area contributed by atoms with Crippen molar-refractivity contribution in [3.8, 4) is 11.5 Å². The van der Waals surface area contributed by atoms with Crippen LogP contribution in [0.1, 0.15) is 40.0 Å². The lowest BCUT2D eigenvalue weighted by atomic mass is 10.0. The number of hydrogen-bond donors (Lipinski definition) is 2. The quantitative estimate of drug-likeness (QED) is 0.701. The van der Waals surface area contributed by atoms with Crippen LogP contribution in [0.25, 0.3) is 0 Å². The number of anilines is 1. The Morgan fingerprint density at radius 2 is 1.64 bits per heavy atom. The summed E-state index contributed by atoms with van der Waals surface area (Å²) < 4.78 is 10.5. The van der Waals surface area contributed by atoms with E-state index in [4.69, 9.17) is 21.7 Å². The molecule has 0 aliphatic heterocycles. The molecule has 0 amide bonds. The first kappa shape index (κ1) is 18.6. The van der Waals surface area contributed by atoms with E-state index < -0.39 is 0 Å². The number of rotatable bonds is 8. The molecule has 0 aliphatic carbocycles. The van der Waals surface area contributed by atoms with Crippen LogP contribution in [0.15, 0.2) is 18.2 Å². The van der Waals surface area contributed by atoms with E-state index in [1.54, 1.807) is 14.2 Å². The van der Waals surface area contributed by atoms with Gasteiger partial charge in [-0.25, -0.2) is 0 Å². The van der Waals surface area contributed by atoms with Gasteiger partial charge in [0.1, 0.15) is 11.5 Å². The molecule has 0 heterocycles. The third-order valence-corrected chi connectivity index (χ3v) is 3.63.